The van der Waals surface area contributed by atoms with Crippen LogP contribution in [0.15, 0.2) is 30.9 Å². The van der Waals surface area contributed by atoms with Gasteiger partial charge < -0.3 is 15.0 Å². The molecule has 3 heterocycles. The van der Waals surface area contributed by atoms with E-state index in [1.807, 2.05) is 45.8 Å². The molecule has 0 aromatic carbocycles. The molecular weight excluding hydrogens is 320 g/mol. The molecule has 1 N–H and O–H groups in total. The second kappa shape index (κ2) is 8.15. The van der Waals surface area contributed by atoms with Crippen molar-refractivity contribution in [1.82, 2.24) is 29.8 Å². The number of carbonyl (C=O) groups excluding carboxylic acids is 1. The quantitative estimate of drug-likeness (QED) is 0.860. The van der Waals surface area contributed by atoms with Gasteiger partial charge in [-0.25, -0.2) is 4.79 Å². The van der Waals surface area contributed by atoms with E-state index >= 15 is 0 Å². The summed E-state index contributed by atoms with van der Waals surface area (Å²) in [5.41, 5.74) is 1.02. The van der Waals surface area contributed by atoms with Crippen LogP contribution in [-0.2, 0) is 17.8 Å². The van der Waals surface area contributed by atoms with Crippen LogP contribution in [0.5, 0.6) is 0 Å². The Morgan fingerprint density at radius 2 is 2.32 bits per heavy atom. The van der Waals surface area contributed by atoms with Crippen molar-refractivity contribution in [2.75, 3.05) is 26.2 Å². The van der Waals surface area contributed by atoms with Crippen LogP contribution in [-0.4, -0.2) is 56.7 Å². The Labute approximate surface area is 147 Å². The molecule has 0 aliphatic carbocycles. The highest BCUT2D eigenvalue weighted by Crippen LogP contribution is 2.21. The van der Waals surface area contributed by atoms with E-state index in [0.29, 0.717) is 32.2 Å². The molecule has 0 radical (unpaired) electrons. The van der Waals surface area contributed by atoms with Gasteiger partial charge in [-0.2, -0.15) is 10.2 Å². The summed E-state index contributed by atoms with van der Waals surface area (Å²) in [4.78, 5) is 14.3. The van der Waals surface area contributed by atoms with Gasteiger partial charge in [0.1, 0.15) is 6.10 Å². The van der Waals surface area contributed by atoms with Crippen LogP contribution in [0.2, 0.25) is 0 Å². The number of hydrogen-bond donors (Lipinski definition) is 1. The van der Waals surface area contributed by atoms with E-state index < -0.39 is 0 Å². The van der Waals surface area contributed by atoms with Crippen LogP contribution in [0, 0.1) is 5.92 Å². The van der Waals surface area contributed by atoms with E-state index in [-0.39, 0.29) is 12.1 Å². The Hall–Kier alpha value is -2.35. The highest BCUT2D eigenvalue weighted by Gasteiger charge is 2.26. The summed E-state index contributed by atoms with van der Waals surface area (Å²) in [6, 6.07) is 1.86. The number of aryl methyl sites for hydroxylation is 1. The fourth-order valence-electron chi connectivity index (χ4n) is 2.92. The highest BCUT2D eigenvalue weighted by molar-refractivity contribution is 5.74. The minimum absolute atomic E-state index is 0.0384. The number of amides is 2. The summed E-state index contributed by atoms with van der Waals surface area (Å²) >= 11 is 0. The molecule has 25 heavy (non-hydrogen) atoms. The predicted molar refractivity (Wildman–Crippen MR) is 93.0 cm³/mol. The van der Waals surface area contributed by atoms with Crippen molar-refractivity contribution in [1.29, 1.82) is 0 Å². The number of hydrogen-bond acceptors (Lipinski definition) is 4. The standard InChI is InChI=1S/C17H26N6O2/c1-3-22-12-15(10-20-22)16-13-21(7-8-25-16)17(24)18-9-14(2)11-23-6-4-5-19-23/h4-6,10,12,14,16H,3,7-9,11,13H2,1-2H3,(H,18,24). The number of morpholine rings is 1. The normalized spacial score (nSPS) is 19.0. The number of aromatic nitrogens is 4. The van der Waals surface area contributed by atoms with Crippen LogP contribution in [0.4, 0.5) is 4.79 Å². The molecule has 1 saturated heterocycles. The van der Waals surface area contributed by atoms with E-state index in [0.717, 1.165) is 18.7 Å². The topological polar surface area (TPSA) is 77.2 Å². The lowest BCUT2D eigenvalue weighted by Gasteiger charge is -2.32. The van der Waals surface area contributed by atoms with Crippen molar-refractivity contribution in [2.45, 2.75) is 33.0 Å². The number of rotatable bonds is 6. The Bertz CT molecular complexity index is 668. The van der Waals surface area contributed by atoms with Crippen molar-refractivity contribution >= 4 is 6.03 Å². The second-order valence-corrected chi connectivity index (χ2v) is 6.45. The van der Waals surface area contributed by atoms with Crippen molar-refractivity contribution in [3.63, 3.8) is 0 Å². The molecule has 0 spiro atoms. The minimum Gasteiger partial charge on any atom is -0.370 e. The first kappa shape index (κ1) is 17.5. The average molecular weight is 346 g/mol. The van der Waals surface area contributed by atoms with Crippen molar-refractivity contribution < 1.29 is 9.53 Å². The molecule has 136 valence electrons. The van der Waals surface area contributed by atoms with Crippen LogP contribution in [0.3, 0.4) is 0 Å². The number of urea groups is 1. The molecular formula is C17H26N6O2. The summed E-state index contributed by atoms with van der Waals surface area (Å²) in [5.74, 6) is 0.309. The van der Waals surface area contributed by atoms with Crippen molar-refractivity contribution in [2.24, 2.45) is 5.92 Å². The van der Waals surface area contributed by atoms with Gasteiger partial charge in [0, 0.05) is 50.3 Å². The third kappa shape index (κ3) is 4.60. The minimum atomic E-state index is -0.110. The summed E-state index contributed by atoms with van der Waals surface area (Å²) in [6.07, 6.45) is 7.39. The maximum Gasteiger partial charge on any atom is 0.317 e. The number of nitrogens with one attached hydrogen (secondary N) is 1. The highest BCUT2D eigenvalue weighted by atomic mass is 16.5. The van der Waals surface area contributed by atoms with Gasteiger partial charge in [-0.3, -0.25) is 9.36 Å². The van der Waals surface area contributed by atoms with E-state index in [9.17, 15) is 4.79 Å². The van der Waals surface area contributed by atoms with E-state index in [1.165, 1.54) is 0 Å². The summed E-state index contributed by atoms with van der Waals surface area (Å²) < 4.78 is 9.56. The molecule has 2 unspecified atom stereocenters. The molecule has 2 aromatic rings. The van der Waals surface area contributed by atoms with Gasteiger partial charge in [0.25, 0.3) is 0 Å². The molecule has 1 fully saturated rings. The Balaban J connectivity index is 1.48. The fourth-order valence-corrected chi connectivity index (χ4v) is 2.92. The lowest BCUT2D eigenvalue weighted by atomic mass is 10.1. The molecule has 1 aliphatic rings. The first-order valence-electron chi connectivity index (χ1n) is 8.80. The molecule has 0 saturated carbocycles. The van der Waals surface area contributed by atoms with Gasteiger partial charge in [-0.15, -0.1) is 0 Å². The third-order valence-electron chi connectivity index (χ3n) is 4.36. The number of carbonyl (C=O) groups is 1. The van der Waals surface area contributed by atoms with Gasteiger partial charge in [-0.05, 0) is 18.9 Å². The first-order valence-corrected chi connectivity index (χ1v) is 8.80. The summed E-state index contributed by atoms with van der Waals surface area (Å²) in [7, 11) is 0. The van der Waals surface area contributed by atoms with Gasteiger partial charge >= 0.3 is 6.03 Å². The Morgan fingerprint density at radius 1 is 1.44 bits per heavy atom. The smallest absolute Gasteiger partial charge is 0.317 e. The predicted octanol–water partition coefficient (Wildman–Crippen LogP) is 1.52. The maximum absolute atomic E-state index is 12.5. The Morgan fingerprint density at radius 3 is 3.04 bits per heavy atom. The third-order valence-corrected chi connectivity index (χ3v) is 4.36. The van der Waals surface area contributed by atoms with E-state index in [2.05, 4.69) is 22.4 Å². The largest absolute Gasteiger partial charge is 0.370 e. The zero-order chi connectivity index (χ0) is 17.6. The molecule has 2 aromatic heterocycles. The first-order chi connectivity index (χ1) is 12.2. The molecule has 1 aliphatic heterocycles. The average Bonchev–Trinajstić information content (AvgIpc) is 3.31. The lowest BCUT2D eigenvalue weighted by Crippen LogP contribution is -2.48. The van der Waals surface area contributed by atoms with Gasteiger partial charge in [0.15, 0.2) is 0 Å². The van der Waals surface area contributed by atoms with E-state index in [4.69, 9.17) is 4.74 Å². The van der Waals surface area contributed by atoms with Gasteiger partial charge in [0.2, 0.25) is 0 Å². The van der Waals surface area contributed by atoms with Crippen LogP contribution in [0.25, 0.3) is 0 Å². The summed E-state index contributed by atoms with van der Waals surface area (Å²) in [6.45, 7) is 8.07. The molecule has 8 heteroatoms. The lowest BCUT2D eigenvalue weighted by molar-refractivity contribution is -0.0155. The zero-order valence-corrected chi connectivity index (χ0v) is 14.8. The fraction of sp³-hybridized carbons (Fsp3) is 0.588. The zero-order valence-electron chi connectivity index (χ0n) is 14.8. The Kier molecular flexibility index (Phi) is 5.70. The molecule has 2 amide bonds. The number of ether oxygens (including phenoxy) is 1. The molecule has 8 nitrogen and oxygen atoms in total. The van der Waals surface area contributed by atoms with Gasteiger partial charge in [-0.1, -0.05) is 6.92 Å². The summed E-state index contributed by atoms with van der Waals surface area (Å²) in [5, 5.41) is 11.5. The SMILES string of the molecule is CCn1cc(C2CN(C(=O)NCC(C)Cn3cccn3)CCO2)cn1. The van der Waals surface area contributed by atoms with Crippen LogP contribution >= 0.6 is 0 Å². The van der Waals surface area contributed by atoms with Crippen LogP contribution < -0.4 is 5.32 Å². The maximum atomic E-state index is 12.5. The molecule has 2 atom stereocenters. The second-order valence-electron chi connectivity index (χ2n) is 6.45. The molecule has 0 bridgehead atoms. The van der Waals surface area contributed by atoms with Crippen molar-refractivity contribution in [3.8, 4) is 0 Å². The van der Waals surface area contributed by atoms with Crippen molar-refractivity contribution in [3.05, 3.63) is 36.4 Å². The van der Waals surface area contributed by atoms with E-state index in [1.54, 1.807) is 6.20 Å². The van der Waals surface area contributed by atoms with Crippen LogP contribution in [0.1, 0.15) is 25.5 Å². The molecule has 3 rings (SSSR count). The van der Waals surface area contributed by atoms with Gasteiger partial charge in [0.05, 0.1) is 19.3 Å². The monoisotopic (exact) mass is 346 g/mol. The number of nitrogens with zero attached hydrogens (tertiary/aromatic N) is 5.